The van der Waals surface area contributed by atoms with E-state index in [1.54, 1.807) is 0 Å². The summed E-state index contributed by atoms with van der Waals surface area (Å²) in [7, 11) is 3.99. The van der Waals surface area contributed by atoms with Gasteiger partial charge in [-0.3, -0.25) is 4.68 Å². The lowest BCUT2D eigenvalue weighted by atomic mass is 9.98. The first-order chi connectivity index (χ1) is 9.65. The Balaban J connectivity index is 2.16. The van der Waals surface area contributed by atoms with Crippen LogP contribution in [0.2, 0.25) is 0 Å². The van der Waals surface area contributed by atoms with Crippen molar-refractivity contribution in [3.05, 3.63) is 41.0 Å². The average molecular weight is 273 g/mol. The van der Waals surface area contributed by atoms with Gasteiger partial charge in [0.25, 0.3) is 0 Å². The minimum Gasteiger partial charge on any atom is -0.313 e. The summed E-state index contributed by atoms with van der Waals surface area (Å²) in [5.74, 6) is 0. The molecule has 0 aliphatic carbocycles. The van der Waals surface area contributed by atoms with Crippen molar-refractivity contribution in [2.75, 3.05) is 7.05 Å². The monoisotopic (exact) mass is 273 g/mol. The summed E-state index contributed by atoms with van der Waals surface area (Å²) in [6, 6.07) is 4.52. The summed E-state index contributed by atoms with van der Waals surface area (Å²) in [6.07, 6.45) is 4.77. The summed E-state index contributed by atoms with van der Waals surface area (Å²) in [5.41, 5.74) is 4.57. The third-order valence-electron chi connectivity index (χ3n) is 3.70. The van der Waals surface area contributed by atoms with Gasteiger partial charge in [-0.1, -0.05) is 6.92 Å². The van der Waals surface area contributed by atoms with Crippen LogP contribution in [0.25, 0.3) is 0 Å². The molecule has 2 aromatic rings. The minimum atomic E-state index is 0.300. The number of nitrogens with one attached hydrogen (secondary N) is 1. The zero-order valence-corrected chi connectivity index (χ0v) is 12.7. The maximum absolute atomic E-state index is 4.32. The molecule has 2 rings (SSSR count). The van der Waals surface area contributed by atoms with Gasteiger partial charge in [-0.2, -0.15) is 15.3 Å². The third kappa shape index (κ3) is 3.22. The molecule has 0 radical (unpaired) electrons. The van der Waals surface area contributed by atoms with Gasteiger partial charge in [0.05, 0.1) is 11.4 Å². The van der Waals surface area contributed by atoms with Crippen LogP contribution in [0.1, 0.15) is 42.0 Å². The van der Waals surface area contributed by atoms with E-state index in [-0.39, 0.29) is 0 Å². The molecule has 0 aliphatic heterocycles. The summed E-state index contributed by atoms with van der Waals surface area (Å²) in [5, 5.41) is 16.1. The van der Waals surface area contributed by atoms with Crippen LogP contribution in [-0.2, 0) is 19.9 Å². The molecule has 0 bridgehead atoms. The molecule has 1 N–H and O–H groups in total. The van der Waals surface area contributed by atoms with Crippen LogP contribution in [0, 0.1) is 6.92 Å². The van der Waals surface area contributed by atoms with E-state index in [1.165, 1.54) is 11.3 Å². The Labute approximate surface area is 120 Å². The molecule has 20 heavy (non-hydrogen) atoms. The second-order valence-electron chi connectivity index (χ2n) is 5.07. The predicted octanol–water partition coefficient (Wildman–Crippen LogP) is 1.97. The van der Waals surface area contributed by atoms with Crippen molar-refractivity contribution in [1.82, 2.24) is 25.3 Å². The molecule has 0 aliphatic rings. The lowest BCUT2D eigenvalue weighted by Crippen LogP contribution is -2.20. The Hall–Kier alpha value is -1.75. The zero-order valence-electron chi connectivity index (χ0n) is 12.7. The molecule has 0 saturated heterocycles. The van der Waals surface area contributed by atoms with Gasteiger partial charge >= 0.3 is 0 Å². The van der Waals surface area contributed by atoms with E-state index in [0.717, 1.165) is 30.7 Å². The van der Waals surface area contributed by atoms with Crippen molar-refractivity contribution < 1.29 is 0 Å². The van der Waals surface area contributed by atoms with Crippen molar-refractivity contribution in [2.45, 2.75) is 39.2 Å². The summed E-state index contributed by atoms with van der Waals surface area (Å²) in [4.78, 5) is 0. The number of hydrogen-bond donors (Lipinski definition) is 1. The molecule has 2 heterocycles. The Morgan fingerprint density at radius 1 is 1.35 bits per heavy atom. The molecule has 0 saturated carbocycles. The predicted molar refractivity (Wildman–Crippen MR) is 79.5 cm³/mol. The highest BCUT2D eigenvalue weighted by Crippen LogP contribution is 2.22. The van der Waals surface area contributed by atoms with E-state index in [4.69, 9.17) is 0 Å². The number of hydrogen-bond acceptors (Lipinski definition) is 4. The van der Waals surface area contributed by atoms with Gasteiger partial charge in [0.1, 0.15) is 0 Å². The van der Waals surface area contributed by atoms with Crippen LogP contribution in [0.5, 0.6) is 0 Å². The topological polar surface area (TPSA) is 55.6 Å². The van der Waals surface area contributed by atoms with E-state index < -0.39 is 0 Å². The van der Waals surface area contributed by atoms with E-state index in [0.29, 0.717) is 6.04 Å². The van der Waals surface area contributed by atoms with Crippen molar-refractivity contribution in [1.29, 1.82) is 0 Å². The minimum absolute atomic E-state index is 0.300. The molecule has 0 spiro atoms. The van der Waals surface area contributed by atoms with E-state index in [9.17, 15) is 0 Å². The maximum Gasteiger partial charge on any atom is 0.0676 e. The Bertz CT molecular complexity index is 561. The first-order valence-electron chi connectivity index (χ1n) is 7.13. The molecule has 5 nitrogen and oxygen atoms in total. The Kier molecular flexibility index (Phi) is 4.84. The van der Waals surface area contributed by atoms with Crippen LogP contribution < -0.4 is 5.32 Å². The van der Waals surface area contributed by atoms with Crippen LogP contribution in [-0.4, -0.2) is 27.0 Å². The Morgan fingerprint density at radius 3 is 2.75 bits per heavy atom. The smallest absolute Gasteiger partial charge is 0.0676 e. The van der Waals surface area contributed by atoms with Gasteiger partial charge in [-0.15, -0.1) is 0 Å². The number of aromatic nitrogens is 4. The zero-order chi connectivity index (χ0) is 14.5. The molecule has 5 heteroatoms. The maximum atomic E-state index is 4.32. The second kappa shape index (κ2) is 6.61. The van der Waals surface area contributed by atoms with Gasteiger partial charge in [0.15, 0.2) is 0 Å². The van der Waals surface area contributed by atoms with E-state index in [1.807, 2.05) is 31.9 Å². The standard InChI is InChI=1S/C15H23N5/c1-5-14-13(10-11(2)18-19-14)15(16-3)7-6-12-8-9-17-20(12)4/h8-10,15-16H,5-7H2,1-4H3. The summed E-state index contributed by atoms with van der Waals surface area (Å²) < 4.78 is 1.93. The largest absolute Gasteiger partial charge is 0.313 e. The summed E-state index contributed by atoms with van der Waals surface area (Å²) >= 11 is 0. The lowest BCUT2D eigenvalue weighted by Gasteiger charge is -2.19. The molecule has 108 valence electrons. The van der Waals surface area contributed by atoms with Crippen molar-refractivity contribution >= 4 is 0 Å². The highest BCUT2D eigenvalue weighted by Gasteiger charge is 2.15. The fourth-order valence-electron chi connectivity index (χ4n) is 2.50. The number of nitrogens with zero attached hydrogens (tertiary/aromatic N) is 4. The first kappa shape index (κ1) is 14.7. The quantitative estimate of drug-likeness (QED) is 0.874. The SMILES string of the molecule is CCc1nnc(C)cc1C(CCc1ccnn1C)NC. The molecule has 2 aromatic heterocycles. The van der Waals surface area contributed by atoms with Gasteiger partial charge in [0.2, 0.25) is 0 Å². The number of aryl methyl sites for hydroxylation is 4. The fraction of sp³-hybridized carbons (Fsp3) is 0.533. The molecule has 0 aromatic carbocycles. The molecule has 1 atom stereocenters. The highest BCUT2D eigenvalue weighted by molar-refractivity contribution is 5.25. The van der Waals surface area contributed by atoms with Crippen LogP contribution in [0.4, 0.5) is 0 Å². The average Bonchev–Trinajstić information content (AvgIpc) is 2.85. The molecular formula is C15H23N5. The van der Waals surface area contributed by atoms with Crippen LogP contribution in [0.3, 0.4) is 0 Å². The van der Waals surface area contributed by atoms with Gasteiger partial charge in [-0.05, 0) is 50.9 Å². The van der Waals surface area contributed by atoms with Gasteiger partial charge in [0, 0.05) is 25.0 Å². The lowest BCUT2D eigenvalue weighted by molar-refractivity contribution is 0.527. The molecule has 1 unspecified atom stereocenters. The first-order valence-corrected chi connectivity index (χ1v) is 7.13. The Morgan fingerprint density at radius 2 is 2.15 bits per heavy atom. The van der Waals surface area contributed by atoms with Gasteiger partial charge in [-0.25, -0.2) is 0 Å². The normalized spacial score (nSPS) is 12.6. The van der Waals surface area contributed by atoms with E-state index >= 15 is 0 Å². The van der Waals surface area contributed by atoms with Gasteiger partial charge < -0.3 is 5.32 Å². The number of rotatable bonds is 6. The molecule has 0 amide bonds. The molecular weight excluding hydrogens is 250 g/mol. The summed E-state index contributed by atoms with van der Waals surface area (Å²) in [6.45, 7) is 4.11. The van der Waals surface area contributed by atoms with Crippen LogP contribution >= 0.6 is 0 Å². The van der Waals surface area contributed by atoms with Crippen molar-refractivity contribution in [2.24, 2.45) is 7.05 Å². The van der Waals surface area contributed by atoms with Crippen molar-refractivity contribution in [3.8, 4) is 0 Å². The fourth-order valence-corrected chi connectivity index (χ4v) is 2.50. The van der Waals surface area contributed by atoms with Crippen molar-refractivity contribution in [3.63, 3.8) is 0 Å². The second-order valence-corrected chi connectivity index (χ2v) is 5.07. The molecule has 0 fully saturated rings. The van der Waals surface area contributed by atoms with E-state index in [2.05, 4.69) is 39.7 Å². The third-order valence-corrected chi connectivity index (χ3v) is 3.70. The van der Waals surface area contributed by atoms with Crippen LogP contribution in [0.15, 0.2) is 18.3 Å². The highest BCUT2D eigenvalue weighted by atomic mass is 15.2.